The molecule has 0 radical (unpaired) electrons. The molecule has 1 aliphatic carbocycles. The summed E-state index contributed by atoms with van der Waals surface area (Å²) in [6.07, 6.45) is 3.18. The zero-order valence-corrected chi connectivity index (χ0v) is 9.54. The number of nitrogens with zero attached hydrogens (tertiary/aromatic N) is 2. The van der Waals surface area contributed by atoms with Crippen LogP contribution >= 0.6 is 11.6 Å². The van der Waals surface area contributed by atoms with Crippen LogP contribution in [-0.2, 0) is 12.8 Å². The molecule has 0 atom stereocenters. The van der Waals surface area contributed by atoms with E-state index in [0.29, 0.717) is 5.15 Å². The van der Waals surface area contributed by atoms with Crippen molar-refractivity contribution in [2.24, 2.45) is 0 Å². The largest absolute Gasteiger partial charge is 0.233 e. The van der Waals surface area contributed by atoms with Gasteiger partial charge in [0.25, 0.3) is 0 Å². The Balaban J connectivity index is 2.13. The zero-order chi connectivity index (χ0) is 11.0. The van der Waals surface area contributed by atoms with Crippen molar-refractivity contribution in [1.29, 1.82) is 0 Å². The van der Waals surface area contributed by atoms with Gasteiger partial charge in [0, 0.05) is 16.8 Å². The lowest BCUT2D eigenvalue weighted by molar-refractivity contribution is 0.900. The minimum atomic E-state index is 0.626. The van der Waals surface area contributed by atoms with Crippen LogP contribution in [0.4, 0.5) is 0 Å². The van der Waals surface area contributed by atoms with Gasteiger partial charge in [-0.05, 0) is 19.3 Å². The van der Waals surface area contributed by atoms with E-state index in [1.54, 1.807) is 0 Å². The second kappa shape index (κ2) is 3.87. The molecular formula is C13H11ClN2. The maximum atomic E-state index is 6.17. The Hall–Kier alpha value is -1.41. The predicted octanol–water partition coefficient (Wildman–Crippen LogP) is 3.29. The Morgan fingerprint density at radius 2 is 1.81 bits per heavy atom. The molecule has 3 rings (SSSR count). The van der Waals surface area contributed by atoms with Crippen LogP contribution in [-0.4, -0.2) is 9.97 Å². The first-order chi connectivity index (χ1) is 7.84. The van der Waals surface area contributed by atoms with Gasteiger partial charge in [0.1, 0.15) is 5.15 Å². The van der Waals surface area contributed by atoms with Crippen molar-refractivity contribution >= 4 is 11.6 Å². The zero-order valence-electron chi connectivity index (χ0n) is 8.78. The third-order valence-corrected chi connectivity index (χ3v) is 3.23. The number of hydrogen-bond donors (Lipinski definition) is 0. The lowest BCUT2D eigenvalue weighted by Crippen LogP contribution is -1.97. The average molecular weight is 231 g/mol. The van der Waals surface area contributed by atoms with E-state index in [4.69, 9.17) is 11.6 Å². The monoisotopic (exact) mass is 230 g/mol. The lowest BCUT2D eigenvalue weighted by Gasteiger charge is -2.05. The van der Waals surface area contributed by atoms with Gasteiger partial charge < -0.3 is 0 Å². The van der Waals surface area contributed by atoms with Crippen LogP contribution in [0, 0.1) is 0 Å². The number of aryl methyl sites for hydroxylation is 1. The smallest absolute Gasteiger partial charge is 0.161 e. The van der Waals surface area contributed by atoms with Crippen LogP contribution in [0.15, 0.2) is 30.3 Å². The Labute approximate surface area is 99.3 Å². The summed E-state index contributed by atoms with van der Waals surface area (Å²) in [6, 6.07) is 9.97. The van der Waals surface area contributed by atoms with Gasteiger partial charge >= 0.3 is 0 Å². The summed E-state index contributed by atoms with van der Waals surface area (Å²) in [4.78, 5) is 8.96. The molecule has 0 amide bonds. The van der Waals surface area contributed by atoms with Crippen molar-refractivity contribution < 1.29 is 0 Å². The summed E-state index contributed by atoms with van der Waals surface area (Å²) >= 11 is 6.17. The van der Waals surface area contributed by atoms with E-state index in [2.05, 4.69) is 9.97 Å². The van der Waals surface area contributed by atoms with E-state index >= 15 is 0 Å². The highest BCUT2D eigenvalue weighted by atomic mass is 35.5. The molecule has 0 N–H and O–H groups in total. The molecule has 2 nitrogen and oxygen atoms in total. The lowest BCUT2D eigenvalue weighted by atomic mass is 10.2. The molecule has 0 bridgehead atoms. The molecule has 1 heterocycles. The number of hydrogen-bond acceptors (Lipinski definition) is 2. The van der Waals surface area contributed by atoms with Crippen molar-refractivity contribution in [2.75, 3.05) is 0 Å². The van der Waals surface area contributed by atoms with Crippen LogP contribution in [0.2, 0.25) is 5.15 Å². The number of fused-ring (bicyclic) bond motifs is 1. The molecule has 80 valence electrons. The SMILES string of the molecule is Clc1nc(-c2ccccc2)nc2c1CCC2. The summed E-state index contributed by atoms with van der Waals surface area (Å²) in [5.41, 5.74) is 3.29. The van der Waals surface area contributed by atoms with E-state index < -0.39 is 0 Å². The summed E-state index contributed by atoms with van der Waals surface area (Å²) in [6.45, 7) is 0. The fourth-order valence-corrected chi connectivity index (χ4v) is 2.39. The Bertz CT molecular complexity index is 523. The maximum absolute atomic E-state index is 6.17. The van der Waals surface area contributed by atoms with Crippen molar-refractivity contribution in [3.63, 3.8) is 0 Å². The van der Waals surface area contributed by atoms with E-state index in [0.717, 1.165) is 41.9 Å². The van der Waals surface area contributed by atoms with E-state index in [1.165, 1.54) is 0 Å². The molecule has 0 aliphatic heterocycles. The van der Waals surface area contributed by atoms with Gasteiger partial charge in [0.2, 0.25) is 0 Å². The van der Waals surface area contributed by atoms with Crippen LogP contribution in [0.25, 0.3) is 11.4 Å². The normalized spacial score (nSPS) is 13.8. The number of rotatable bonds is 1. The highest BCUT2D eigenvalue weighted by Crippen LogP contribution is 2.28. The van der Waals surface area contributed by atoms with Crippen molar-refractivity contribution in [3.05, 3.63) is 46.7 Å². The molecule has 0 fully saturated rings. The fraction of sp³-hybridized carbons (Fsp3) is 0.231. The maximum Gasteiger partial charge on any atom is 0.161 e. The van der Waals surface area contributed by atoms with Gasteiger partial charge in [-0.3, -0.25) is 0 Å². The summed E-state index contributed by atoms with van der Waals surface area (Å²) < 4.78 is 0. The van der Waals surface area contributed by atoms with E-state index in [-0.39, 0.29) is 0 Å². The molecule has 1 aromatic carbocycles. The van der Waals surface area contributed by atoms with E-state index in [1.807, 2.05) is 30.3 Å². The highest BCUT2D eigenvalue weighted by molar-refractivity contribution is 6.30. The standard InChI is InChI=1S/C13H11ClN2/c14-12-10-7-4-8-11(10)15-13(16-12)9-5-2-1-3-6-9/h1-3,5-6H,4,7-8H2. The van der Waals surface area contributed by atoms with Crippen molar-refractivity contribution in [1.82, 2.24) is 9.97 Å². The molecule has 16 heavy (non-hydrogen) atoms. The third-order valence-electron chi connectivity index (χ3n) is 2.91. The molecule has 0 unspecified atom stereocenters. The van der Waals surface area contributed by atoms with Crippen LogP contribution in [0.5, 0.6) is 0 Å². The van der Waals surface area contributed by atoms with Crippen LogP contribution < -0.4 is 0 Å². The molecule has 0 saturated heterocycles. The Morgan fingerprint density at radius 1 is 1.00 bits per heavy atom. The van der Waals surface area contributed by atoms with Gasteiger partial charge in [-0.15, -0.1) is 0 Å². The predicted molar refractivity (Wildman–Crippen MR) is 64.5 cm³/mol. The first-order valence-corrected chi connectivity index (χ1v) is 5.83. The van der Waals surface area contributed by atoms with Crippen molar-refractivity contribution in [2.45, 2.75) is 19.3 Å². The second-order valence-electron chi connectivity index (χ2n) is 3.98. The quantitative estimate of drug-likeness (QED) is 0.703. The Kier molecular flexibility index (Phi) is 2.37. The van der Waals surface area contributed by atoms with Gasteiger partial charge in [0.15, 0.2) is 5.82 Å². The highest BCUT2D eigenvalue weighted by Gasteiger charge is 2.18. The molecule has 3 heteroatoms. The van der Waals surface area contributed by atoms with Gasteiger partial charge in [-0.2, -0.15) is 0 Å². The molecule has 2 aromatic rings. The minimum absolute atomic E-state index is 0.626. The van der Waals surface area contributed by atoms with E-state index in [9.17, 15) is 0 Å². The molecule has 0 spiro atoms. The summed E-state index contributed by atoms with van der Waals surface area (Å²) in [7, 11) is 0. The average Bonchev–Trinajstić information content (AvgIpc) is 2.79. The number of halogens is 1. The fourth-order valence-electron chi connectivity index (χ4n) is 2.10. The van der Waals surface area contributed by atoms with Gasteiger partial charge in [-0.25, -0.2) is 9.97 Å². The van der Waals surface area contributed by atoms with Gasteiger partial charge in [0.05, 0.1) is 0 Å². The number of aromatic nitrogens is 2. The Morgan fingerprint density at radius 3 is 2.62 bits per heavy atom. The first-order valence-electron chi connectivity index (χ1n) is 5.45. The molecular weight excluding hydrogens is 220 g/mol. The molecule has 1 aromatic heterocycles. The summed E-state index contributed by atoms with van der Waals surface area (Å²) in [5.74, 6) is 0.742. The number of benzene rings is 1. The second-order valence-corrected chi connectivity index (χ2v) is 4.34. The molecule has 1 aliphatic rings. The van der Waals surface area contributed by atoms with Crippen molar-refractivity contribution in [3.8, 4) is 11.4 Å². The third kappa shape index (κ3) is 1.59. The van der Waals surface area contributed by atoms with Crippen LogP contribution in [0.3, 0.4) is 0 Å². The topological polar surface area (TPSA) is 25.8 Å². The van der Waals surface area contributed by atoms with Gasteiger partial charge in [-0.1, -0.05) is 41.9 Å². The summed E-state index contributed by atoms with van der Waals surface area (Å²) in [5, 5.41) is 0.626. The van der Waals surface area contributed by atoms with Crippen LogP contribution in [0.1, 0.15) is 17.7 Å². The first kappa shape index (κ1) is 9.79. The minimum Gasteiger partial charge on any atom is -0.233 e. The molecule has 0 saturated carbocycles.